The number of ether oxygens (including phenoxy) is 1. The van der Waals surface area contributed by atoms with Crippen molar-refractivity contribution in [3.05, 3.63) is 64.4 Å². The van der Waals surface area contributed by atoms with Crippen LogP contribution in [0, 0.1) is 5.82 Å². The Hall–Kier alpha value is -2.44. The van der Waals surface area contributed by atoms with E-state index in [1.807, 2.05) is 11.8 Å². The molecule has 0 spiro atoms. The zero-order valence-corrected chi connectivity index (χ0v) is 17.2. The molecule has 1 saturated heterocycles. The number of piperazine rings is 1. The van der Waals surface area contributed by atoms with E-state index in [0.717, 1.165) is 5.56 Å². The molecule has 29 heavy (non-hydrogen) atoms. The van der Waals surface area contributed by atoms with Gasteiger partial charge < -0.3 is 9.64 Å². The van der Waals surface area contributed by atoms with Gasteiger partial charge in [0.05, 0.1) is 5.56 Å². The molecule has 7 heteroatoms. The smallest absolute Gasteiger partial charge is 0.260 e. The van der Waals surface area contributed by atoms with Crippen LogP contribution in [-0.2, 0) is 11.3 Å². The van der Waals surface area contributed by atoms with Gasteiger partial charge in [-0.3, -0.25) is 14.5 Å². The van der Waals surface area contributed by atoms with E-state index < -0.39 is 0 Å². The van der Waals surface area contributed by atoms with Gasteiger partial charge in [-0.05, 0) is 49.7 Å². The molecule has 2 atom stereocenters. The van der Waals surface area contributed by atoms with Crippen molar-refractivity contribution in [2.75, 3.05) is 19.7 Å². The van der Waals surface area contributed by atoms with Gasteiger partial charge in [-0.2, -0.15) is 0 Å². The highest BCUT2D eigenvalue weighted by Gasteiger charge is 2.32. The van der Waals surface area contributed by atoms with Crippen molar-refractivity contribution < 1.29 is 18.7 Å². The highest BCUT2D eigenvalue weighted by atomic mass is 35.5. The number of carbonyl (C=O) groups excluding carboxylic acids is 2. The molecule has 0 N–H and O–H groups in total. The first kappa shape index (κ1) is 21.3. The number of hydrogen-bond acceptors (Lipinski definition) is 4. The molecule has 1 fully saturated rings. The van der Waals surface area contributed by atoms with E-state index in [4.69, 9.17) is 16.3 Å². The van der Waals surface area contributed by atoms with Crippen LogP contribution in [0.2, 0.25) is 5.02 Å². The van der Waals surface area contributed by atoms with E-state index in [2.05, 4.69) is 11.8 Å². The fraction of sp³-hybridized carbons (Fsp3) is 0.364. The molecular formula is C22H24ClFN2O3. The van der Waals surface area contributed by atoms with Crippen LogP contribution in [0.4, 0.5) is 4.39 Å². The second-order valence-electron chi connectivity index (χ2n) is 7.39. The van der Waals surface area contributed by atoms with Gasteiger partial charge in [-0.15, -0.1) is 0 Å². The molecule has 5 nitrogen and oxygen atoms in total. The highest BCUT2D eigenvalue weighted by Crippen LogP contribution is 2.22. The average molecular weight is 419 g/mol. The topological polar surface area (TPSA) is 49.9 Å². The Morgan fingerprint density at radius 1 is 1.17 bits per heavy atom. The van der Waals surface area contributed by atoms with E-state index in [-0.39, 0.29) is 30.4 Å². The third-order valence-corrected chi connectivity index (χ3v) is 5.42. The summed E-state index contributed by atoms with van der Waals surface area (Å²) in [5, 5.41) is 0.436. The predicted octanol–water partition coefficient (Wildman–Crippen LogP) is 3.79. The lowest BCUT2D eigenvalue weighted by Gasteiger charge is -2.44. The molecule has 1 aliphatic rings. The fourth-order valence-corrected chi connectivity index (χ4v) is 3.74. The van der Waals surface area contributed by atoms with Crippen LogP contribution in [0.3, 0.4) is 0 Å². The molecule has 0 unspecified atom stereocenters. The normalized spacial score (nSPS) is 19.8. The Labute approximate surface area is 175 Å². The van der Waals surface area contributed by atoms with E-state index >= 15 is 0 Å². The Balaban J connectivity index is 1.58. The Kier molecular flexibility index (Phi) is 6.87. The molecule has 0 bridgehead atoms. The number of halogens is 2. The van der Waals surface area contributed by atoms with E-state index in [1.165, 1.54) is 18.2 Å². The van der Waals surface area contributed by atoms with Crippen molar-refractivity contribution >= 4 is 23.8 Å². The summed E-state index contributed by atoms with van der Waals surface area (Å²) in [6.07, 6.45) is 0.657. The Morgan fingerprint density at radius 2 is 1.90 bits per heavy atom. The molecule has 1 aliphatic heterocycles. The first-order chi connectivity index (χ1) is 13.9. The zero-order chi connectivity index (χ0) is 21.0. The van der Waals surface area contributed by atoms with Crippen molar-refractivity contribution in [2.45, 2.75) is 32.5 Å². The molecule has 0 saturated carbocycles. The summed E-state index contributed by atoms with van der Waals surface area (Å²) >= 11 is 5.88. The Morgan fingerprint density at radius 3 is 2.59 bits per heavy atom. The lowest BCUT2D eigenvalue weighted by atomic mass is 10.1. The first-order valence-electron chi connectivity index (χ1n) is 9.53. The Bertz CT molecular complexity index is 875. The minimum absolute atomic E-state index is 0.0125. The molecule has 0 aliphatic carbocycles. The van der Waals surface area contributed by atoms with E-state index in [0.29, 0.717) is 42.3 Å². The van der Waals surface area contributed by atoms with Gasteiger partial charge >= 0.3 is 0 Å². The maximum Gasteiger partial charge on any atom is 0.260 e. The van der Waals surface area contributed by atoms with E-state index in [9.17, 15) is 14.0 Å². The molecule has 2 aromatic carbocycles. The van der Waals surface area contributed by atoms with Crippen molar-refractivity contribution in [3.8, 4) is 5.75 Å². The number of amides is 1. The third-order valence-electron chi connectivity index (χ3n) is 5.18. The van der Waals surface area contributed by atoms with Crippen LogP contribution >= 0.6 is 11.6 Å². The number of hydrogen-bond donors (Lipinski definition) is 0. The minimum atomic E-state index is -0.246. The van der Waals surface area contributed by atoms with Gasteiger partial charge in [0, 0.05) is 36.7 Å². The highest BCUT2D eigenvalue weighted by molar-refractivity contribution is 6.30. The van der Waals surface area contributed by atoms with Crippen molar-refractivity contribution in [2.24, 2.45) is 0 Å². The third kappa shape index (κ3) is 5.34. The van der Waals surface area contributed by atoms with Gasteiger partial charge in [-0.1, -0.05) is 23.7 Å². The van der Waals surface area contributed by atoms with Gasteiger partial charge in [0.1, 0.15) is 11.6 Å². The summed E-state index contributed by atoms with van der Waals surface area (Å²) in [5.74, 6) is -0.0324. The molecule has 3 rings (SSSR count). The van der Waals surface area contributed by atoms with E-state index in [1.54, 1.807) is 24.3 Å². The average Bonchev–Trinajstić information content (AvgIpc) is 2.70. The lowest BCUT2D eigenvalue weighted by molar-refractivity contribution is -0.139. The second-order valence-corrected chi connectivity index (χ2v) is 7.83. The molecular weight excluding hydrogens is 395 g/mol. The van der Waals surface area contributed by atoms with Crippen molar-refractivity contribution in [3.63, 3.8) is 0 Å². The fourth-order valence-electron chi connectivity index (χ4n) is 3.56. The number of carbonyl (C=O) groups is 2. The molecule has 2 aromatic rings. The summed E-state index contributed by atoms with van der Waals surface area (Å²) < 4.78 is 18.7. The molecule has 1 amide bonds. The molecule has 1 heterocycles. The van der Waals surface area contributed by atoms with Crippen LogP contribution in [0.5, 0.6) is 5.75 Å². The number of nitrogens with zero attached hydrogens (tertiary/aromatic N) is 2. The van der Waals surface area contributed by atoms with Crippen LogP contribution in [0.25, 0.3) is 0 Å². The number of benzene rings is 2. The van der Waals surface area contributed by atoms with Gasteiger partial charge in [0.2, 0.25) is 0 Å². The maximum absolute atomic E-state index is 13.1. The summed E-state index contributed by atoms with van der Waals surface area (Å²) in [5.41, 5.74) is 1.36. The van der Waals surface area contributed by atoms with Crippen molar-refractivity contribution in [1.29, 1.82) is 0 Å². The summed E-state index contributed by atoms with van der Waals surface area (Å²) in [6.45, 7) is 5.92. The van der Waals surface area contributed by atoms with Crippen molar-refractivity contribution in [1.82, 2.24) is 9.80 Å². The lowest BCUT2D eigenvalue weighted by Crippen LogP contribution is -2.58. The summed E-state index contributed by atoms with van der Waals surface area (Å²) in [4.78, 5) is 28.0. The number of rotatable bonds is 6. The van der Waals surface area contributed by atoms with Gasteiger partial charge in [0.25, 0.3) is 5.91 Å². The second kappa shape index (κ2) is 9.37. The van der Waals surface area contributed by atoms with Crippen LogP contribution in [0.1, 0.15) is 29.8 Å². The molecule has 154 valence electrons. The quantitative estimate of drug-likeness (QED) is 0.670. The first-order valence-corrected chi connectivity index (χ1v) is 9.90. The molecule has 0 radical (unpaired) electrons. The van der Waals surface area contributed by atoms with Gasteiger partial charge in [-0.25, -0.2) is 4.39 Å². The van der Waals surface area contributed by atoms with Gasteiger partial charge in [0.15, 0.2) is 12.9 Å². The predicted molar refractivity (Wildman–Crippen MR) is 110 cm³/mol. The summed E-state index contributed by atoms with van der Waals surface area (Å²) in [7, 11) is 0. The zero-order valence-electron chi connectivity index (χ0n) is 16.5. The maximum atomic E-state index is 13.1. The SMILES string of the molecule is C[C@@H]1CN(C(=O)COc2ccc(Cl)cc2C=O)[C@@H](C)CN1Cc1ccc(F)cc1. The minimum Gasteiger partial charge on any atom is -0.483 e. The van der Waals surface area contributed by atoms with Crippen LogP contribution in [0.15, 0.2) is 42.5 Å². The van der Waals surface area contributed by atoms with Crippen LogP contribution < -0.4 is 4.74 Å². The molecule has 0 aromatic heterocycles. The summed E-state index contributed by atoms with van der Waals surface area (Å²) in [6, 6.07) is 11.4. The standard InChI is InChI=1S/C22H24ClFN2O3/c1-15-11-26(16(2)10-25(15)12-17-3-6-20(24)7-4-17)22(28)14-29-21-8-5-19(23)9-18(21)13-27/h3-9,13,15-16H,10-12,14H2,1-2H3/t15-,16+/m1/s1. The largest absolute Gasteiger partial charge is 0.483 e. The monoisotopic (exact) mass is 418 g/mol. The van der Waals surface area contributed by atoms with Crippen LogP contribution in [-0.4, -0.2) is 53.8 Å². The number of aldehydes is 1.